The lowest BCUT2D eigenvalue weighted by Gasteiger charge is -2.05. The van der Waals surface area contributed by atoms with Crippen molar-refractivity contribution < 1.29 is 4.74 Å². The van der Waals surface area contributed by atoms with Crippen molar-refractivity contribution in [1.29, 1.82) is 0 Å². The largest absolute Gasteiger partial charge is 0.365 e. The molecular weight excluding hydrogens is 140 g/mol. The minimum atomic E-state index is 0.498. The summed E-state index contributed by atoms with van der Waals surface area (Å²) < 4.78 is 4.85. The highest BCUT2D eigenvalue weighted by molar-refractivity contribution is 5.41. The Labute approximate surface area is 66.4 Å². The maximum atomic E-state index is 4.85. The van der Waals surface area contributed by atoms with Crippen LogP contribution in [0.3, 0.4) is 0 Å². The molecule has 1 N–H and O–H groups in total. The van der Waals surface area contributed by atoms with Gasteiger partial charge < -0.3 is 10.1 Å². The van der Waals surface area contributed by atoms with E-state index in [1.807, 2.05) is 19.1 Å². The average molecular weight is 152 g/mol. The topological polar surface area (TPSA) is 34.1 Å². The second-order valence-corrected chi connectivity index (χ2v) is 2.28. The summed E-state index contributed by atoms with van der Waals surface area (Å²) in [7, 11) is 1.64. The van der Waals surface area contributed by atoms with Crippen molar-refractivity contribution in [2.75, 3.05) is 19.2 Å². The fourth-order valence-electron chi connectivity index (χ4n) is 0.811. The van der Waals surface area contributed by atoms with Crippen LogP contribution in [0, 0.1) is 6.92 Å². The number of aromatic nitrogens is 1. The Balaban J connectivity index is 2.62. The van der Waals surface area contributed by atoms with Crippen LogP contribution in [0.2, 0.25) is 0 Å². The molecule has 1 rings (SSSR count). The van der Waals surface area contributed by atoms with Gasteiger partial charge in [0.2, 0.25) is 0 Å². The number of nitrogens with zero attached hydrogens (tertiary/aromatic N) is 1. The number of hydrogen-bond donors (Lipinski definition) is 1. The number of hydrogen-bond acceptors (Lipinski definition) is 3. The molecule has 3 heteroatoms. The van der Waals surface area contributed by atoms with Gasteiger partial charge >= 0.3 is 0 Å². The van der Waals surface area contributed by atoms with Gasteiger partial charge in [-0.15, -0.1) is 0 Å². The summed E-state index contributed by atoms with van der Waals surface area (Å²) in [6.45, 7) is 2.50. The number of pyridine rings is 1. The van der Waals surface area contributed by atoms with Crippen LogP contribution in [0.4, 0.5) is 5.82 Å². The van der Waals surface area contributed by atoms with Crippen LogP contribution in [0.25, 0.3) is 0 Å². The molecule has 1 heterocycles. The first-order valence-corrected chi connectivity index (χ1v) is 3.49. The van der Waals surface area contributed by atoms with E-state index in [4.69, 9.17) is 4.74 Å². The number of nitrogens with one attached hydrogen (secondary N) is 1. The van der Waals surface area contributed by atoms with Crippen LogP contribution >= 0.6 is 0 Å². The first-order valence-electron chi connectivity index (χ1n) is 3.49. The lowest BCUT2D eigenvalue weighted by atomic mass is 10.3. The lowest BCUT2D eigenvalue weighted by molar-refractivity contribution is 0.221. The monoisotopic (exact) mass is 152 g/mol. The maximum Gasteiger partial charge on any atom is 0.130 e. The van der Waals surface area contributed by atoms with Crippen LogP contribution in [0.1, 0.15) is 5.56 Å². The molecule has 1 aromatic rings. The average Bonchev–Trinajstić information content (AvgIpc) is 2.03. The number of anilines is 1. The van der Waals surface area contributed by atoms with Crippen LogP contribution in [-0.4, -0.2) is 18.8 Å². The summed E-state index contributed by atoms with van der Waals surface area (Å²) in [4.78, 5) is 4.12. The van der Waals surface area contributed by atoms with Gasteiger partial charge in [-0.25, -0.2) is 4.98 Å². The highest BCUT2D eigenvalue weighted by atomic mass is 16.5. The van der Waals surface area contributed by atoms with Gasteiger partial charge in [0.05, 0.1) is 0 Å². The molecule has 1 aromatic heterocycles. The summed E-state index contributed by atoms with van der Waals surface area (Å²) in [5.41, 5.74) is 1.13. The zero-order valence-electron chi connectivity index (χ0n) is 6.79. The third-order valence-corrected chi connectivity index (χ3v) is 1.39. The van der Waals surface area contributed by atoms with E-state index < -0.39 is 0 Å². The lowest BCUT2D eigenvalue weighted by Crippen LogP contribution is -2.05. The van der Waals surface area contributed by atoms with Crippen LogP contribution in [0.5, 0.6) is 0 Å². The molecule has 0 unspecified atom stereocenters. The van der Waals surface area contributed by atoms with Gasteiger partial charge in [-0.05, 0) is 18.6 Å². The van der Waals surface area contributed by atoms with E-state index in [2.05, 4.69) is 10.3 Å². The molecule has 0 amide bonds. The van der Waals surface area contributed by atoms with E-state index in [9.17, 15) is 0 Å². The Morgan fingerprint density at radius 1 is 1.64 bits per heavy atom. The highest BCUT2D eigenvalue weighted by Gasteiger charge is 1.94. The van der Waals surface area contributed by atoms with Gasteiger partial charge in [-0.2, -0.15) is 0 Å². The van der Waals surface area contributed by atoms with Gasteiger partial charge in [-0.1, -0.05) is 6.07 Å². The summed E-state index contributed by atoms with van der Waals surface area (Å²) in [6.07, 6.45) is 1.75. The number of methoxy groups -OCH3 is 1. The van der Waals surface area contributed by atoms with E-state index in [-0.39, 0.29) is 0 Å². The summed E-state index contributed by atoms with van der Waals surface area (Å²) in [5, 5.41) is 3.03. The van der Waals surface area contributed by atoms with E-state index in [0.717, 1.165) is 11.4 Å². The van der Waals surface area contributed by atoms with Gasteiger partial charge in [-0.3, -0.25) is 0 Å². The highest BCUT2D eigenvalue weighted by Crippen LogP contribution is 2.07. The molecule has 0 aliphatic carbocycles. The van der Waals surface area contributed by atoms with Gasteiger partial charge in [0.1, 0.15) is 12.5 Å². The number of rotatable bonds is 3. The van der Waals surface area contributed by atoms with Crippen molar-refractivity contribution in [3.05, 3.63) is 23.9 Å². The predicted molar refractivity (Wildman–Crippen MR) is 44.5 cm³/mol. The molecule has 0 atom stereocenters. The standard InChI is InChI=1S/C8H12N2O/c1-7-4-3-5-9-8(7)10-6-11-2/h3-5H,6H2,1-2H3,(H,9,10). The number of aryl methyl sites for hydroxylation is 1. The Hall–Kier alpha value is -1.09. The fourth-order valence-corrected chi connectivity index (χ4v) is 0.811. The second-order valence-electron chi connectivity index (χ2n) is 2.28. The molecule has 11 heavy (non-hydrogen) atoms. The van der Waals surface area contributed by atoms with Crippen LogP contribution in [0.15, 0.2) is 18.3 Å². The Morgan fingerprint density at radius 3 is 3.09 bits per heavy atom. The molecule has 0 saturated carbocycles. The first-order chi connectivity index (χ1) is 5.34. The second kappa shape index (κ2) is 3.93. The minimum Gasteiger partial charge on any atom is -0.365 e. The quantitative estimate of drug-likeness (QED) is 0.665. The van der Waals surface area contributed by atoms with E-state index in [1.165, 1.54) is 0 Å². The van der Waals surface area contributed by atoms with Crippen molar-refractivity contribution in [1.82, 2.24) is 4.98 Å². The molecule has 0 aliphatic rings. The van der Waals surface area contributed by atoms with Crippen molar-refractivity contribution in [2.24, 2.45) is 0 Å². The molecule has 3 nitrogen and oxygen atoms in total. The zero-order chi connectivity index (χ0) is 8.10. The molecule has 60 valence electrons. The van der Waals surface area contributed by atoms with Crippen LogP contribution in [-0.2, 0) is 4.74 Å². The van der Waals surface area contributed by atoms with Crippen LogP contribution < -0.4 is 5.32 Å². The molecular formula is C8H12N2O. The normalized spacial score (nSPS) is 9.64. The SMILES string of the molecule is COCNc1ncccc1C. The van der Waals surface area contributed by atoms with Crippen molar-refractivity contribution in [3.8, 4) is 0 Å². The van der Waals surface area contributed by atoms with Gasteiger partial charge in [0.25, 0.3) is 0 Å². The van der Waals surface area contributed by atoms with Crippen molar-refractivity contribution in [3.63, 3.8) is 0 Å². The predicted octanol–water partition coefficient (Wildman–Crippen LogP) is 1.41. The minimum absolute atomic E-state index is 0.498. The molecule has 0 bridgehead atoms. The van der Waals surface area contributed by atoms with E-state index >= 15 is 0 Å². The zero-order valence-corrected chi connectivity index (χ0v) is 6.79. The third kappa shape index (κ3) is 2.20. The summed E-state index contributed by atoms with van der Waals surface area (Å²) in [6, 6.07) is 3.91. The summed E-state index contributed by atoms with van der Waals surface area (Å²) in [5.74, 6) is 0.884. The van der Waals surface area contributed by atoms with E-state index in [0.29, 0.717) is 6.73 Å². The smallest absolute Gasteiger partial charge is 0.130 e. The summed E-state index contributed by atoms with van der Waals surface area (Å²) >= 11 is 0. The van der Waals surface area contributed by atoms with E-state index in [1.54, 1.807) is 13.3 Å². The van der Waals surface area contributed by atoms with Gasteiger partial charge in [0, 0.05) is 13.3 Å². The third-order valence-electron chi connectivity index (χ3n) is 1.39. The maximum absolute atomic E-state index is 4.85. The van der Waals surface area contributed by atoms with Crippen molar-refractivity contribution >= 4 is 5.82 Å². The number of ether oxygens (including phenoxy) is 1. The molecule has 0 aromatic carbocycles. The first kappa shape index (κ1) is 8.01. The van der Waals surface area contributed by atoms with Gasteiger partial charge in [0.15, 0.2) is 0 Å². The Kier molecular flexibility index (Phi) is 2.86. The molecule has 0 saturated heterocycles. The van der Waals surface area contributed by atoms with Crippen molar-refractivity contribution in [2.45, 2.75) is 6.92 Å². The molecule has 0 aliphatic heterocycles. The molecule has 0 radical (unpaired) electrons. The Bertz CT molecular complexity index is 225. The molecule has 0 spiro atoms. The Morgan fingerprint density at radius 2 is 2.45 bits per heavy atom. The molecule has 0 fully saturated rings. The fraction of sp³-hybridized carbons (Fsp3) is 0.375.